The molecule has 21 heavy (non-hydrogen) atoms. The number of ether oxygens (including phenoxy) is 1. The molecule has 0 N–H and O–H groups in total. The summed E-state index contributed by atoms with van der Waals surface area (Å²) in [7, 11) is 0. The van der Waals surface area contributed by atoms with Crippen LogP contribution < -0.4 is 0 Å². The van der Waals surface area contributed by atoms with E-state index in [4.69, 9.17) is 10.00 Å². The van der Waals surface area contributed by atoms with Crippen molar-refractivity contribution < 1.29 is 4.74 Å². The summed E-state index contributed by atoms with van der Waals surface area (Å²) in [5.41, 5.74) is 2.40. The summed E-state index contributed by atoms with van der Waals surface area (Å²) >= 11 is 0. The molecule has 0 amide bonds. The Morgan fingerprint density at radius 1 is 1.10 bits per heavy atom. The zero-order valence-electron chi connectivity index (χ0n) is 11.9. The van der Waals surface area contributed by atoms with Gasteiger partial charge in [0.2, 0.25) is 5.90 Å². The molecule has 1 unspecified atom stereocenters. The molecule has 0 saturated heterocycles. The van der Waals surface area contributed by atoms with Crippen LogP contribution >= 0.6 is 0 Å². The number of benzene rings is 2. The molecule has 3 rings (SSSR count). The van der Waals surface area contributed by atoms with Crippen LogP contribution in [0.1, 0.15) is 30.9 Å². The van der Waals surface area contributed by atoms with Crippen LogP contribution in [0.15, 0.2) is 59.6 Å². The fourth-order valence-electron chi connectivity index (χ4n) is 2.60. The van der Waals surface area contributed by atoms with Crippen molar-refractivity contribution in [3.05, 3.63) is 65.7 Å². The van der Waals surface area contributed by atoms with E-state index in [1.807, 2.05) is 61.5 Å². The summed E-state index contributed by atoms with van der Waals surface area (Å²) in [6.07, 6.45) is 1.10. The van der Waals surface area contributed by atoms with Crippen LogP contribution in [-0.4, -0.2) is 5.90 Å². The maximum Gasteiger partial charge on any atom is 0.222 e. The van der Waals surface area contributed by atoms with Gasteiger partial charge >= 0.3 is 0 Å². The smallest absolute Gasteiger partial charge is 0.222 e. The van der Waals surface area contributed by atoms with Crippen molar-refractivity contribution in [1.82, 2.24) is 0 Å². The van der Waals surface area contributed by atoms with E-state index < -0.39 is 5.60 Å². The molecule has 0 spiro atoms. The van der Waals surface area contributed by atoms with Crippen LogP contribution in [0.4, 0.5) is 5.69 Å². The van der Waals surface area contributed by atoms with E-state index in [2.05, 4.69) is 11.1 Å². The third-order valence-electron chi connectivity index (χ3n) is 3.75. The van der Waals surface area contributed by atoms with Gasteiger partial charge in [-0.1, -0.05) is 36.4 Å². The molecule has 3 nitrogen and oxygen atoms in total. The van der Waals surface area contributed by atoms with E-state index in [0.29, 0.717) is 18.7 Å². The number of para-hydroxylation sites is 1. The molecule has 0 bridgehead atoms. The number of hydrogen-bond acceptors (Lipinski definition) is 3. The average Bonchev–Trinajstić information content (AvgIpc) is 2.54. The van der Waals surface area contributed by atoms with Gasteiger partial charge in [-0.3, -0.25) is 0 Å². The molecule has 0 radical (unpaired) electrons. The number of aliphatic imine (C=N–C) groups is 1. The van der Waals surface area contributed by atoms with E-state index in [1.54, 1.807) is 0 Å². The second-order valence-electron chi connectivity index (χ2n) is 5.29. The molecule has 2 aromatic rings. The largest absolute Gasteiger partial charge is 0.466 e. The van der Waals surface area contributed by atoms with Gasteiger partial charge in [-0.2, -0.15) is 5.26 Å². The molecular formula is C18H16N2O. The van der Waals surface area contributed by atoms with E-state index in [9.17, 15) is 0 Å². The molecule has 0 aromatic heterocycles. The van der Waals surface area contributed by atoms with Crippen LogP contribution in [0.3, 0.4) is 0 Å². The zero-order valence-corrected chi connectivity index (χ0v) is 11.9. The molecule has 1 heterocycles. The van der Waals surface area contributed by atoms with Gasteiger partial charge in [0.25, 0.3) is 0 Å². The summed E-state index contributed by atoms with van der Waals surface area (Å²) in [5.74, 6) is 0.620. The Labute approximate surface area is 124 Å². The van der Waals surface area contributed by atoms with Crippen molar-refractivity contribution in [2.75, 3.05) is 0 Å². The summed E-state index contributed by atoms with van der Waals surface area (Å²) in [5, 5.41) is 8.91. The average molecular weight is 276 g/mol. The van der Waals surface area contributed by atoms with Crippen molar-refractivity contribution in [3.63, 3.8) is 0 Å². The summed E-state index contributed by atoms with van der Waals surface area (Å²) in [6, 6.07) is 20.0. The van der Waals surface area contributed by atoms with Gasteiger partial charge in [-0.25, -0.2) is 4.99 Å². The molecule has 1 atom stereocenters. The zero-order chi connectivity index (χ0) is 14.7. The van der Waals surface area contributed by atoms with Crippen molar-refractivity contribution >= 4 is 11.6 Å². The van der Waals surface area contributed by atoms with Gasteiger partial charge in [0.1, 0.15) is 5.60 Å². The van der Waals surface area contributed by atoms with Crippen LogP contribution in [0, 0.1) is 11.3 Å². The quantitative estimate of drug-likeness (QED) is 0.838. The van der Waals surface area contributed by atoms with Crippen LogP contribution in [0.5, 0.6) is 0 Å². The first-order valence-corrected chi connectivity index (χ1v) is 7.02. The first-order chi connectivity index (χ1) is 10.2. The summed E-state index contributed by atoms with van der Waals surface area (Å²) in [4.78, 5) is 4.63. The van der Waals surface area contributed by atoms with Gasteiger partial charge < -0.3 is 4.74 Å². The van der Waals surface area contributed by atoms with Gasteiger partial charge in [-0.15, -0.1) is 0 Å². The molecule has 0 fully saturated rings. The molecule has 3 heteroatoms. The van der Waals surface area contributed by atoms with E-state index in [0.717, 1.165) is 16.8 Å². The minimum absolute atomic E-state index is 0.451. The Hall–Kier alpha value is -2.60. The molecule has 1 aliphatic heterocycles. The second-order valence-corrected chi connectivity index (χ2v) is 5.29. The van der Waals surface area contributed by atoms with Gasteiger partial charge in [0, 0.05) is 24.0 Å². The van der Waals surface area contributed by atoms with Crippen molar-refractivity contribution in [3.8, 4) is 6.07 Å². The topological polar surface area (TPSA) is 45.4 Å². The Kier molecular flexibility index (Phi) is 3.45. The Balaban J connectivity index is 2.07. The standard InChI is InChI=1S/C18H16N2O/c1-18(12-7-13-19)15-10-5-6-11-16(15)20-17(21-18)14-8-3-2-4-9-14/h2-6,8-11H,7,12H2,1H3. The van der Waals surface area contributed by atoms with Gasteiger partial charge in [0.05, 0.1) is 11.8 Å². The Morgan fingerprint density at radius 2 is 1.81 bits per heavy atom. The highest BCUT2D eigenvalue weighted by Gasteiger charge is 2.35. The van der Waals surface area contributed by atoms with Crippen molar-refractivity contribution in [1.29, 1.82) is 5.26 Å². The third kappa shape index (κ3) is 2.53. The molecule has 104 valence electrons. The highest BCUT2D eigenvalue weighted by molar-refractivity contribution is 5.97. The SMILES string of the molecule is CC1(CCC#N)OC(c2ccccc2)=Nc2ccccc21. The first kappa shape index (κ1) is 13.4. The van der Waals surface area contributed by atoms with Crippen LogP contribution in [0.2, 0.25) is 0 Å². The fourth-order valence-corrected chi connectivity index (χ4v) is 2.60. The van der Waals surface area contributed by atoms with E-state index in [1.165, 1.54) is 0 Å². The predicted molar refractivity (Wildman–Crippen MR) is 82.4 cm³/mol. The molecule has 1 aliphatic rings. The lowest BCUT2D eigenvalue weighted by Gasteiger charge is -2.35. The summed E-state index contributed by atoms with van der Waals surface area (Å²) in [6.45, 7) is 2.03. The molecule has 0 saturated carbocycles. The lowest BCUT2D eigenvalue weighted by Crippen LogP contribution is -2.32. The lowest BCUT2D eigenvalue weighted by atomic mass is 9.88. The highest BCUT2D eigenvalue weighted by atomic mass is 16.5. The van der Waals surface area contributed by atoms with Gasteiger partial charge in [0.15, 0.2) is 0 Å². The summed E-state index contributed by atoms with van der Waals surface area (Å²) < 4.78 is 6.19. The van der Waals surface area contributed by atoms with E-state index >= 15 is 0 Å². The Morgan fingerprint density at radius 3 is 2.57 bits per heavy atom. The highest BCUT2D eigenvalue weighted by Crippen LogP contribution is 2.41. The van der Waals surface area contributed by atoms with Crippen LogP contribution in [-0.2, 0) is 10.3 Å². The number of fused-ring (bicyclic) bond motifs is 1. The monoisotopic (exact) mass is 276 g/mol. The molecule has 0 aliphatic carbocycles. The fraction of sp³-hybridized carbons (Fsp3) is 0.222. The Bertz CT molecular complexity index is 715. The maximum absolute atomic E-state index is 8.91. The normalized spacial score (nSPS) is 19.9. The molecular weight excluding hydrogens is 260 g/mol. The van der Waals surface area contributed by atoms with Crippen LogP contribution in [0.25, 0.3) is 0 Å². The van der Waals surface area contributed by atoms with Crippen molar-refractivity contribution in [2.24, 2.45) is 4.99 Å². The number of hydrogen-bond donors (Lipinski definition) is 0. The molecule has 2 aromatic carbocycles. The third-order valence-corrected chi connectivity index (χ3v) is 3.75. The lowest BCUT2D eigenvalue weighted by molar-refractivity contribution is 0.0621. The predicted octanol–water partition coefficient (Wildman–Crippen LogP) is 4.31. The van der Waals surface area contributed by atoms with E-state index in [-0.39, 0.29) is 0 Å². The number of nitriles is 1. The number of rotatable bonds is 3. The van der Waals surface area contributed by atoms with Crippen molar-refractivity contribution in [2.45, 2.75) is 25.4 Å². The number of nitrogens with zero attached hydrogens (tertiary/aromatic N) is 2. The second kappa shape index (κ2) is 5.41. The first-order valence-electron chi connectivity index (χ1n) is 7.02. The minimum Gasteiger partial charge on any atom is -0.466 e. The minimum atomic E-state index is -0.515. The van der Waals surface area contributed by atoms with Gasteiger partial charge in [-0.05, 0) is 25.1 Å². The maximum atomic E-state index is 8.91.